The van der Waals surface area contributed by atoms with Crippen LogP contribution in [0.5, 0.6) is 0 Å². The van der Waals surface area contributed by atoms with Crippen molar-refractivity contribution in [3.63, 3.8) is 0 Å². The molecule has 0 radical (unpaired) electrons. The summed E-state index contributed by atoms with van der Waals surface area (Å²) >= 11 is 1.48. The molecule has 5 nitrogen and oxygen atoms in total. The van der Waals surface area contributed by atoms with Crippen molar-refractivity contribution in [3.8, 4) is 0 Å². The monoisotopic (exact) mass is 254 g/mol. The van der Waals surface area contributed by atoms with Gasteiger partial charge in [0.2, 0.25) is 6.41 Å². The van der Waals surface area contributed by atoms with Gasteiger partial charge in [-0.2, -0.15) is 11.8 Å². The van der Waals surface area contributed by atoms with E-state index >= 15 is 0 Å². The maximum Gasteiger partial charge on any atom is 0.327 e. The lowest BCUT2D eigenvalue weighted by molar-refractivity contribution is -0.139. The molecule has 1 amide bonds. The fourth-order valence-electron chi connectivity index (χ4n) is 1.20. The quantitative estimate of drug-likeness (QED) is 0.523. The van der Waals surface area contributed by atoms with Crippen LogP contribution in [0, 0.1) is 0 Å². The lowest BCUT2D eigenvalue weighted by Crippen LogP contribution is -2.37. The van der Waals surface area contributed by atoms with E-state index in [2.05, 4.69) is 10.3 Å². The zero-order chi connectivity index (χ0) is 12.5. The van der Waals surface area contributed by atoms with Gasteiger partial charge in [0.05, 0.1) is 0 Å². The van der Waals surface area contributed by atoms with Crippen LogP contribution >= 0.6 is 11.8 Å². The molecule has 2 N–H and O–H groups in total. The highest BCUT2D eigenvalue weighted by Crippen LogP contribution is 2.06. The summed E-state index contributed by atoms with van der Waals surface area (Å²) in [6, 6.07) is 4.88. The second-order valence-electron chi connectivity index (χ2n) is 3.32. The van der Waals surface area contributed by atoms with Gasteiger partial charge in [0, 0.05) is 17.6 Å². The molecule has 1 aromatic heterocycles. The topological polar surface area (TPSA) is 79.3 Å². The van der Waals surface area contributed by atoms with Crippen LogP contribution in [0.3, 0.4) is 0 Å². The molecule has 17 heavy (non-hydrogen) atoms. The summed E-state index contributed by atoms with van der Waals surface area (Å²) in [7, 11) is 0. The minimum Gasteiger partial charge on any atom is -0.480 e. The number of carbonyl (C=O) groups excluding carboxylic acids is 1. The van der Waals surface area contributed by atoms with Crippen LogP contribution < -0.4 is 5.32 Å². The standard InChI is InChI=1S/C11H14N2O3S/c14-8-13-10(11(15)16)7-17-6-4-9-3-1-2-5-12-9/h1-3,5,8,10H,4,6-7H2,(H,13,14)(H,15,16). The summed E-state index contributed by atoms with van der Waals surface area (Å²) in [6.07, 6.45) is 2.94. The maximum atomic E-state index is 10.7. The van der Waals surface area contributed by atoms with E-state index in [1.165, 1.54) is 11.8 Å². The normalized spacial score (nSPS) is 11.8. The van der Waals surface area contributed by atoms with Crippen molar-refractivity contribution in [1.82, 2.24) is 10.3 Å². The minimum atomic E-state index is -1.01. The molecule has 1 aromatic rings. The summed E-state index contributed by atoms with van der Waals surface area (Å²) < 4.78 is 0. The van der Waals surface area contributed by atoms with Crippen LogP contribution in [0.4, 0.5) is 0 Å². The van der Waals surface area contributed by atoms with Gasteiger partial charge in [0.1, 0.15) is 6.04 Å². The Bertz CT molecular complexity index is 359. The number of thioether (sulfide) groups is 1. The molecule has 0 saturated carbocycles. The lowest BCUT2D eigenvalue weighted by Gasteiger charge is -2.10. The third kappa shape index (κ3) is 5.35. The predicted octanol–water partition coefficient (Wildman–Crippen LogP) is 0.556. The average molecular weight is 254 g/mol. The second-order valence-corrected chi connectivity index (χ2v) is 4.47. The molecule has 1 unspecified atom stereocenters. The summed E-state index contributed by atoms with van der Waals surface area (Å²) in [5.41, 5.74) is 0.982. The summed E-state index contributed by atoms with van der Waals surface area (Å²) in [4.78, 5) is 25.1. The molecular formula is C11H14N2O3S. The number of hydrogen-bond donors (Lipinski definition) is 2. The molecule has 0 aliphatic heterocycles. The Morgan fingerprint density at radius 2 is 2.41 bits per heavy atom. The van der Waals surface area contributed by atoms with Gasteiger partial charge in [0.25, 0.3) is 0 Å². The van der Waals surface area contributed by atoms with E-state index in [4.69, 9.17) is 5.11 Å². The van der Waals surface area contributed by atoms with E-state index in [0.717, 1.165) is 17.9 Å². The third-order valence-electron chi connectivity index (χ3n) is 2.08. The van der Waals surface area contributed by atoms with Gasteiger partial charge in [-0.05, 0) is 24.3 Å². The SMILES string of the molecule is O=CNC(CSCCc1ccccn1)C(=O)O. The zero-order valence-electron chi connectivity index (χ0n) is 9.20. The summed E-state index contributed by atoms with van der Waals surface area (Å²) in [5.74, 6) is 0.129. The first-order chi connectivity index (χ1) is 8.24. The summed E-state index contributed by atoms with van der Waals surface area (Å²) in [5, 5.41) is 11.0. The summed E-state index contributed by atoms with van der Waals surface area (Å²) in [6.45, 7) is 0. The molecule has 0 saturated heterocycles. The number of pyridine rings is 1. The first-order valence-electron chi connectivity index (χ1n) is 5.14. The van der Waals surface area contributed by atoms with Crippen LogP contribution in [0.25, 0.3) is 0 Å². The minimum absolute atomic E-state index is 0.362. The molecule has 92 valence electrons. The molecule has 0 aliphatic carbocycles. The van der Waals surface area contributed by atoms with E-state index in [0.29, 0.717) is 12.2 Å². The number of carbonyl (C=O) groups is 2. The molecule has 1 heterocycles. The lowest BCUT2D eigenvalue weighted by atomic mass is 10.3. The van der Waals surface area contributed by atoms with Crippen LogP contribution in [0.1, 0.15) is 5.69 Å². The number of aromatic nitrogens is 1. The molecule has 0 fully saturated rings. The van der Waals surface area contributed by atoms with Crippen molar-refractivity contribution in [1.29, 1.82) is 0 Å². The first kappa shape index (κ1) is 13.5. The van der Waals surface area contributed by atoms with Crippen molar-refractivity contribution in [2.75, 3.05) is 11.5 Å². The van der Waals surface area contributed by atoms with Gasteiger partial charge < -0.3 is 10.4 Å². The number of aliphatic carboxylic acids is 1. The van der Waals surface area contributed by atoms with Crippen molar-refractivity contribution in [2.24, 2.45) is 0 Å². The van der Waals surface area contributed by atoms with E-state index in [1.54, 1.807) is 6.20 Å². The highest BCUT2D eigenvalue weighted by Gasteiger charge is 2.15. The smallest absolute Gasteiger partial charge is 0.327 e. The Morgan fingerprint density at radius 3 is 3.00 bits per heavy atom. The maximum absolute atomic E-state index is 10.7. The van der Waals surface area contributed by atoms with E-state index < -0.39 is 12.0 Å². The van der Waals surface area contributed by atoms with E-state index in [9.17, 15) is 9.59 Å². The van der Waals surface area contributed by atoms with Crippen molar-refractivity contribution < 1.29 is 14.7 Å². The predicted molar refractivity (Wildman–Crippen MR) is 65.9 cm³/mol. The fraction of sp³-hybridized carbons (Fsp3) is 0.364. The Labute approximate surface area is 104 Å². The van der Waals surface area contributed by atoms with Crippen LogP contribution in [-0.4, -0.2) is 40.0 Å². The van der Waals surface area contributed by atoms with Crippen molar-refractivity contribution in [3.05, 3.63) is 30.1 Å². The number of rotatable bonds is 8. The van der Waals surface area contributed by atoms with E-state index in [1.807, 2.05) is 18.2 Å². The number of hydrogen-bond acceptors (Lipinski definition) is 4. The number of nitrogens with one attached hydrogen (secondary N) is 1. The average Bonchev–Trinajstić information content (AvgIpc) is 2.34. The molecule has 0 spiro atoms. The Kier molecular flexibility index (Phi) is 6.09. The van der Waals surface area contributed by atoms with Crippen LogP contribution in [0.2, 0.25) is 0 Å². The highest BCUT2D eigenvalue weighted by molar-refractivity contribution is 7.99. The van der Waals surface area contributed by atoms with E-state index in [-0.39, 0.29) is 0 Å². The molecular weight excluding hydrogens is 240 g/mol. The molecule has 0 bridgehead atoms. The second kappa shape index (κ2) is 7.67. The van der Waals surface area contributed by atoms with Crippen molar-refractivity contribution >= 4 is 24.1 Å². The number of aryl methyl sites for hydroxylation is 1. The Morgan fingerprint density at radius 1 is 1.59 bits per heavy atom. The number of carboxylic acids is 1. The highest BCUT2D eigenvalue weighted by atomic mass is 32.2. The Balaban J connectivity index is 2.23. The number of carboxylic acid groups (broad SMARTS) is 1. The molecule has 1 atom stereocenters. The molecule has 1 rings (SSSR count). The van der Waals surface area contributed by atoms with Gasteiger partial charge in [0.15, 0.2) is 0 Å². The first-order valence-corrected chi connectivity index (χ1v) is 6.29. The fourth-order valence-corrected chi connectivity index (χ4v) is 2.19. The largest absolute Gasteiger partial charge is 0.480 e. The molecule has 0 aliphatic rings. The third-order valence-corrected chi connectivity index (χ3v) is 3.14. The van der Waals surface area contributed by atoms with Gasteiger partial charge in [-0.25, -0.2) is 4.79 Å². The van der Waals surface area contributed by atoms with Gasteiger partial charge in [-0.3, -0.25) is 9.78 Å². The van der Waals surface area contributed by atoms with Crippen LogP contribution in [-0.2, 0) is 16.0 Å². The van der Waals surface area contributed by atoms with Crippen molar-refractivity contribution in [2.45, 2.75) is 12.5 Å². The van der Waals surface area contributed by atoms with Crippen LogP contribution in [0.15, 0.2) is 24.4 Å². The molecule has 0 aromatic carbocycles. The zero-order valence-corrected chi connectivity index (χ0v) is 10.0. The van der Waals surface area contributed by atoms with Gasteiger partial charge >= 0.3 is 5.97 Å². The molecule has 6 heteroatoms. The Hall–Kier alpha value is -1.56. The van der Waals surface area contributed by atoms with Gasteiger partial charge in [-0.1, -0.05) is 6.07 Å². The number of nitrogens with zero attached hydrogens (tertiary/aromatic N) is 1. The number of amides is 1. The van der Waals surface area contributed by atoms with Gasteiger partial charge in [-0.15, -0.1) is 0 Å².